The van der Waals surface area contributed by atoms with E-state index >= 15 is 0 Å². The van der Waals surface area contributed by atoms with Gasteiger partial charge in [-0.05, 0) is 24.1 Å². The summed E-state index contributed by atoms with van der Waals surface area (Å²) in [5.41, 5.74) is 2.56. The van der Waals surface area contributed by atoms with E-state index in [1.165, 1.54) is 12.1 Å². The first-order valence-electron chi connectivity index (χ1n) is 6.85. The van der Waals surface area contributed by atoms with Gasteiger partial charge < -0.3 is 10.4 Å². The molecule has 0 amide bonds. The van der Waals surface area contributed by atoms with Gasteiger partial charge in [-0.15, -0.1) is 0 Å². The predicted molar refractivity (Wildman–Crippen MR) is 86.0 cm³/mol. The summed E-state index contributed by atoms with van der Waals surface area (Å²) in [6.07, 6.45) is -0.623. The molecule has 116 valence electrons. The number of nitro benzene ring substituents is 1. The van der Waals surface area contributed by atoms with Crippen molar-refractivity contribution in [1.82, 2.24) is 5.32 Å². The summed E-state index contributed by atoms with van der Waals surface area (Å²) in [5, 5.41) is 24.2. The van der Waals surface area contributed by atoms with E-state index in [9.17, 15) is 15.2 Å². The number of nitrogens with zero attached hydrogens (tertiary/aromatic N) is 1. The van der Waals surface area contributed by atoms with E-state index in [0.717, 1.165) is 16.7 Å². The Morgan fingerprint density at radius 3 is 2.77 bits per heavy atom. The maximum Gasteiger partial charge on any atom is 0.288 e. The van der Waals surface area contributed by atoms with Gasteiger partial charge in [0, 0.05) is 19.2 Å². The molecule has 0 aliphatic heterocycles. The van der Waals surface area contributed by atoms with E-state index in [1.54, 1.807) is 6.07 Å². The summed E-state index contributed by atoms with van der Waals surface area (Å²) in [6, 6.07) is 12.3. The molecule has 0 saturated heterocycles. The standard InChI is InChI=1S/C16H17ClN2O3/c1-11-3-2-4-13(7-11)16(20)10-18-9-12-5-6-14(17)15(8-12)19(21)22/h2-8,16,18,20H,9-10H2,1H3. The first kappa shape index (κ1) is 16.4. The third kappa shape index (κ3) is 4.27. The molecule has 0 aliphatic carbocycles. The van der Waals surface area contributed by atoms with Gasteiger partial charge in [0.15, 0.2) is 0 Å². The third-order valence-electron chi connectivity index (χ3n) is 3.30. The number of hydrogen-bond donors (Lipinski definition) is 2. The van der Waals surface area contributed by atoms with Crippen LogP contribution in [0.4, 0.5) is 5.69 Å². The average molecular weight is 321 g/mol. The molecule has 2 N–H and O–H groups in total. The van der Waals surface area contributed by atoms with Crippen molar-refractivity contribution in [3.8, 4) is 0 Å². The van der Waals surface area contributed by atoms with Crippen LogP contribution in [0.3, 0.4) is 0 Å². The van der Waals surface area contributed by atoms with Crippen LogP contribution in [0.1, 0.15) is 22.8 Å². The molecular weight excluding hydrogens is 304 g/mol. The second-order valence-electron chi connectivity index (χ2n) is 5.10. The topological polar surface area (TPSA) is 75.4 Å². The lowest BCUT2D eigenvalue weighted by Crippen LogP contribution is -2.21. The average Bonchev–Trinajstić information content (AvgIpc) is 2.48. The normalized spacial score (nSPS) is 12.1. The minimum Gasteiger partial charge on any atom is -0.387 e. The summed E-state index contributed by atoms with van der Waals surface area (Å²) in [4.78, 5) is 10.3. The van der Waals surface area contributed by atoms with Crippen LogP contribution in [-0.4, -0.2) is 16.6 Å². The number of benzene rings is 2. The van der Waals surface area contributed by atoms with Gasteiger partial charge in [-0.2, -0.15) is 0 Å². The first-order valence-corrected chi connectivity index (χ1v) is 7.23. The molecule has 1 atom stereocenters. The molecule has 0 saturated carbocycles. The molecule has 1 unspecified atom stereocenters. The molecular formula is C16H17ClN2O3. The SMILES string of the molecule is Cc1cccc(C(O)CNCc2ccc(Cl)c([N+](=O)[O-])c2)c1. The van der Waals surface area contributed by atoms with Crippen LogP contribution >= 0.6 is 11.6 Å². The summed E-state index contributed by atoms with van der Waals surface area (Å²) in [6.45, 7) is 2.75. The molecule has 0 aliphatic rings. The molecule has 2 rings (SSSR count). The van der Waals surface area contributed by atoms with Gasteiger partial charge in [-0.3, -0.25) is 10.1 Å². The molecule has 0 bridgehead atoms. The quantitative estimate of drug-likeness (QED) is 0.632. The van der Waals surface area contributed by atoms with Crippen molar-refractivity contribution in [3.05, 3.63) is 74.3 Å². The lowest BCUT2D eigenvalue weighted by atomic mass is 10.1. The highest BCUT2D eigenvalue weighted by Crippen LogP contribution is 2.25. The highest BCUT2D eigenvalue weighted by Gasteiger charge is 2.13. The van der Waals surface area contributed by atoms with Gasteiger partial charge >= 0.3 is 0 Å². The fourth-order valence-corrected chi connectivity index (χ4v) is 2.34. The highest BCUT2D eigenvalue weighted by atomic mass is 35.5. The molecule has 6 heteroatoms. The molecule has 2 aromatic rings. The fourth-order valence-electron chi connectivity index (χ4n) is 2.16. The van der Waals surface area contributed by atoms with Gasteiger partial charge in [0.25, 0.3) is 5.69 Å². The van der Waals surface area contributed by atoms with Crippen molar-refractivity contribution in [2.75, 3.05) is 6.54 Å². The maximum atomic E-state index is 10.8. The third-order valence-corrected chi connectivity index (χ3v) is 3.62. The zero-order valence-corrected chi connectivity index (χ0v) is 12.9. The Labute approximate surface area is 133 Å². The predicted octanol–water partition coefficient (Wildman–Crippen LogP) is 3.38. The van der Waals surface area contributed by atoms with Gasteiger partial charge in [-0.1, -0.05) is 47.5 Å². The zero-order chi connectivity index (χ0) is 16.1. The molecule has 0 heterocycles. The smallest absolute Gasteiger partial charge is 0.288 e. The number of halogens is 1. The Balaban J connectivity index is 1.94. The second kappa shape index (κ2) is 7.35. The summed E-state index contributed by atoms with van der Waals surface area (Å²) < 4.78 is 0. The van der Waals surface area contributed by atoms with E-state index in [0.29, 0.717) is 13.1 Å². The van der Waals surface area contributed by atoms with Gasteiger partial charge in [-0.25, -0.2) is 0 Å². The van der Waals surface area contributed by atoms with Crippen molar-refractivity contribution in [2.24, 2.45) is 0 Å². The van der Waals surface area contributed by atoms with Gasteiger partial charge in [0.2, 0.25) is 0 Å². The number of aryl methyl sites for hydroxylation is 1. The molecule has 0 radical (unpaired) electrons. The first-order chi connectivity index (χ1) is 10.5. The van der Waals surface area contributed by atoms with E-state index < -0.39 is 11.0 Å². The Morgan fingerprint density at radius 2 is 2.09 bits per heavy atom. The summed E-state index contributed by atoms with van der Waals surface area (Å²) in [5.74, 6) is 0. The van der Waals surface area contributed by atoms with Crippen molar-refractivity contribution < 1.29 is 10.0 Å². The maximum absolute atomic E-state index is 10.8. The van der Waals surface area contributed by atoms with Crippen LogP contribution in [-0.2, 0) is 6.54 Å². The monoisotopic (exact) mass is 320 g/mol. The lowest BCUT2D eigenvalue weighted by Gasteiger charge is -2.13. The summed E-state index contributed by atoms with van der Waals surface area (Å²) in [7, 11) is 0. The lowest BCUT2D eigenvalue weighted by molar-refractivity contribution is -0.384. The molecule has 22 heavy (non-hydrogen) atoms. The van der Waals surface area contributed by atoms with Crippen LogP contribution in [0, 0.1) is 17.0 Å². The van der Waals surface area contributed by atoms with E-state index in [2.05, 4.69) is 5.32 Å². The molecule has 0 fully saturated rings. The Kier molecular flexibility index (Phi) is 5.49. The molecule has 0 spiro atoms. The van der Waals surface area contributed by atoms with Crippen molar-refractivity contribution in [2.45, 2.75) is 19.6 Å². The number of nitrogens with one attached hydrogen (secondary N) is 1. The minimum absolute atomic E-state index is 0.111. The van der Waals surface area contributed by atoms with E-state index in [1.807, 2.05) is 31.2 Å². The Bertz CT molecular complexity index is 676. The van der Waals surface area contributed by atoms with E-state index in [-0.39, 0.29) is 10.7 Å². The number of rotatable bonds is 6. The fraction of sp³-hybridized carbons (Fsp3) is 0.250. The number of nitro groups is 1. The van der Waals surface area contributed by atoms with E-state index in [4.69, 9.17) is 11.6 Å². The van der Waals surface area contributed by atoms with Crippen LogP contribution < -0.4 is 5.32 Å². The van der Waals surface area contributed by atoms with Crippen molar-refractivity contribution in [1.29, 1.82) is 0 Å². The molecule has 5 nitrogen and oxygen atoms in total. The van der Waals surface area contributed by atoms with Crippen LogP contribution in [0.15, 0.2) is 42.5 Å². The van der Waals surface area contributed by atoms with Crippen LogP contribution in [0.25, 0.3) is 0 Å². The highest BCUT2D eigenvalue weighted by molar-refractivity contribution is 6.32. The Hall–Kier alpha value is -1.95. The molecule has 2 aromatic carbocycles. The summed E-state index contributed by atoms with van der Waals surface area (Å²) >= 11 is 5.77. The largest absolute Gasteiger partial charge is 0.387 e. The van der Waals surface area contributed by atoms with Gasteiger partial charge in [0.1, 0.15) is 5.02 Å². The minimum atomic E-state index is -0.623. The number of aliphatic hydroxyl groups excluding tert-OH is 1. The number of hydrogen-bond acceptors (Lipinski definition) is 4. The van der Waals surface area contributed by atoms with Crippen molar-refractivity contribution >= 4 is 17.3 Å². The molecule has 0 aromatic heterocycles. The zero-order valence-electron chi connectivity index (χ0n) is 12.1. The Morgan fingerprint density at radius 1 is 1.32 bits per heavy atom. The van der Waals surface area contributed by atoms with Gasteiger partial charge in [0.05, 0.1) is 11.0 Å². The number of aliphatic hydroxyl groups is 1. The van der Waals surface area contributed by atoms with Crippen LogP contribution in [0.2, 0.25) is 5.02 Å². The van der Waals surface area contributed by atoms with Crippen LogP contribution in [0.5, 0.6) is 0 Å². The van der Waals surface area contributed by atoms with Crippen molar-refractivity contribution in [3.63, 3.8) is 0 Å². The second-order valence-corrected chi connectivity index (χ2v) is 5.51.